The van der Waals surface area contributed by atoms with Gasteiger partial charge in [0.1, 0.15) is 16.5 Å². The second kappa shape index (κ2) is 5.85. The van der Waals surface area contributed by atoms with Crippen molar-refractivity contribution in [1.82, 2.24) is 9.97 Å². The highest BCUT2D eigenvalue weighted by molar-refractivity contribution is 7.18. The summed E-state index contributed by atoms with van der Waals surface area (Å²) in [6.45, 7) is 0. The lowest BCUT2D eigenvalue weighted by atomic mass is 10.2. The van der Waals surface area contributed by atoms with Gasteiger partial charge in [-0.05, 0) is 42.0 Å². The Labute approximate surface area is 126 Å². The number of methoxy groups -OCH3 is 1. The molecular formula is C16H12N2O2S. The van der Waals surface area contributed by atoms with Crippen LogP contribution < -0.4 is 4.74 Å². The van der Waals surface area contributed by atoms with Crippen LogP contribution in [0.4, 0.5) is 0 Å². The first kappa shape index (κ1) is 13.5. The molecule has 2 aromatic heterocycles. The van der Waals surface area contributed by atoms with E-state index in [1.54, 1.807) is 30.6 Å². The molecule has 2 heterocycles. The average Bonchev–Trinajstić information content (AvgIpc) is 3.05. The number of thiazole rings is 1. The zero-order chi connectivity index (χ0) is 14.7. The number of aldehydes is 1. The van der Waals surface area contributed by atoms with Crippen molar-refractivity contribution in [2.45, 2.75) is 0 Å². The van der Waals surface area contributed by atoms with Gasteiger partial charge in [0.2, 0.25) is 0 Å². The van der Waals surface area contributed by atoms with E-state index >= 15 is 0 Å². The van der Waals surface area contributed by atoms with Crippen molar-refractivity contribution in [3.63, 3.8) is 0 Å². The fourth-order valence-corrected chi connectivity index (χ4v) is 2.81. The number of aromatic nitrogens is 2. The Morgan fingerprint density at radius 1 is 1.14 bits per heavy atom. The van der Waals surface area contributed by atoms with E-state index in [9.17, 15) is 4.79 Å². The maximum Gasteiger partial charge on any atom is 0.168 e. The van der Waals surface area contributed by atoms with Gasteiger partial charge >= 0.3 is 0 Å². The second-order valence-electron chi connectivity index (χ2n) is 4.32. The van der Waals surface area contributed by atoms with Crippen molar-refractivity contribution >= 4 is 17.6 Å². The maximum atomic E-state index is 10.8. The van der Waals surface area contributed by atoms with Gasteiger partial charge in [-0.15, -0.1) is 11.3 Å². The Bertz CT molecular complexity index is 766. The fraction of sp³-hybridized carbons (Fsp3) is 0.0625. The Morgan fingerprint density at radius 2 is 1.95 bits per heavy atom. The standard InChI is InChI=1S/C16H12N2O2S/c1-20-13-7-5-11(6-8-13)15-9-17-16(21-15)14-4-2-3-12(10-19)18-14/h2-10H,1H3. The monoisotopic (exact) mass is 296 g/mol. The minimum absolute atomic E-state index is 0.411. The molecule has 4 nitrogen and oxygen atoms in total. The largest absolute Gasteiger partial charge is 0.497 e. The summed E-state index contributed by atoms with van der Waals surface area (Å²) in [5.41, 5.74) is 2.20. The van der Waals surface area contributed by atoms with Crippen LogP contribution in [0.2, 0.25) is 0 Å². The maximum absolute atomic E-state index is 10.8. The number of ether oxygens (including phenoxy) is 1. The van der Waals surface area contributed by atoms with Gasteiger partial charge in [-0.3, -0.25) is 4.79 Å². The number of hydrogen-bond donors (Lipinski definition) is 0. The number of benzene rings is 1. The molecule has 0 fully saturated rings. The third-order valence-electron chi connectivity index (χ3n) is 2.99. The molecule has 104 valence electrons. The van der Waals surface area contributed by atoms with Gasteiger partial charge in [-0.1, -0.05) is 6.07 Å². The van der Waals surface area contributed by atoms with Crippen LogP contribution in [0.25, 0.3) is 21.1 Å². The van der Waals surface area contributed by atoms with E-state index in [-0.39, 0.29) is 0 Å². The average molecular weight is 296 g/mol. The Balaban J connectivity index is 1.93. The third kappa shape index (κ3) is 2.83. The first-order valence-electron chi connectivity index (χ1n) is 6.33. The molecule has 0 saturated carbocycles. The summed E-state index contributed by atoms with van der Waals surface area (Å²) in [4.78, 5) is 20.5. The molecule has 0 amide bonds. The predicted octanol–water partition coefficient (Wildman–Crippen LogP) is 3.69. The lowest BCUT2D eigenvalue weighted by Gasteiger charge is -2.00. The van der Waals surface area contributed by atoms with E-state index in [4.69, 9.17) is 4.74 Å². The van der Waals surface area contributed by atoms with Crippen molar-refractivity contribution in [2.24, 2.45) is 0 Å². The van der Waals surface area contributed by atoms with E-state index in [1.165, 1.54) is 0 Å². The highest BCUT2D eigenvalue weighted by atomic mass is 32.1. The Kier molecular flexibility index (Phi) is 3.75. The van der Waals surface area contributed by atoms with Crippen molar-refractivity contribution in [2.75, 3.05) is 7.11 Å². The van der Waals surface area contributed by atoms with E-state index in [0.717, 1.165) is 27.5 Å². The molecule has 0 aliphatic carbocycles. The first-order chi connectivity index (χ1) is 10.3. The lowest BCUT2D eigenvalue weighted by Crippen LogP contribution is -1.88. The zero-order valence-electron chi connectivity index (χ0n) is 11.3. The molecule has 21 heavy (non-hydrogen) atoms. The fourth-order valence-electron chi connectivity index (χ4n) is 1.92. The van der Waals surface area contributed by atoms with Crippen LogP contribution in [0, 0.1) is 0 Å². The lowest BCUT2D eigenvalue weighted by molar-refractivity contribution is 0.111. The number of carbonyl (C=O) groups excluding carboxylic acids is 1. The minimum Gasteiger partial charge on any atom is -0.497 e. The molecule has 0 saturated heterocycles. The molecule has 0 bridgehead atoms. The number of rotatable bonds is 4. The van der Waals surface area contributed by atoms with Crippen LogP contribution in [0.5, 0.6) is 5.75 Å². The summed E-state index contributed by atoms with van der Waals surface area (Å²) in [5, 5.41) is 0.796. The van der Waals surface area contributed by atoms with Crippen LogP contribution >= 0.6 is 11.3 Å². The summed E-state index contributed by atoms with van der Waals surface area (Å²) < 4.78 is 5.15. The minimum atomic E-state index is 0.411. The molecule has 3 rings (SSSR count). The molecule has 0 N–H and O–H groups in total. The highest BCUT2D eigenvalue weighted by Crippen LogP contribution is 2.31. The van der Waals surface area contributed by atoms with Crippen LogP contribution in [0.1, 0.15) is 10.5 Å². The van der Waals surface area contributed by atoms with Crippen LogP contribution in [-0.2, 0) is 0 Å². The predicted molar refractivity (Wildman–Crippen MR) is 82.7 cm³/mol. The van der Waals surface area contributed by atoms with E-state index in [2.05, 4.69) is 9.97 Å². The Morgan fingerprint density at radius 3 is 2.67 bits per heavy atom. The quantitative estimate of drug-likeness (QED) is 0.689. The molecule has 3 aromatic rings. The molecule has 5 heteroatoms. The van der Waals surface area contributed by atoms with Crippen LogP contribution in [0.3, 0.4) is 0 Å². The molecule has 0 aliphatic rings. The van der Waals surface area contributed by atoms with E-state index in [1.807, 2.05) is 36.5 Å². The SMILES string of the molecule is COc1ccc(-c2cnc(-c3cccc(C=O)n3)s2)cc1. The normalized spacial score (nSPS) is 10.3. The van der Waals surface area contributed by atoms with Crippen LogP contribution in [0.15, 0.2) is 48.7 Å². The highest BCUT2D eigenvalue weighted by Gasteiger charge is 2.08. The van der Waals surface area contributed by atoms with Gasteiger partial charge in [0.15, 0.2) is 6.29 Å². The van der Waals surface area contributed by atoms with Gasteiger partial charge in [0.05, 0.1) is 17.7 Å². The van der Waals surface area contributed by atoms with Gasteiger partial charge < -0.3 is 4.74 Å². The van der Waals surface area contributed by atoms with Crippen molar-refractivity contribution in [3.05, 3.63) is 54.4 Å². The number of nitrogens with zero attached hydrogens (tertiary/aromatic N) is 2. The van der Waals surface area contributed by atoms with Crippen molar-refractivity contribution in [3.8, 4) is 26.9 Å². The Hall–Kier alpha value is -2.53. The van der Waals surface area contributed by atoms with Crippen LogP contribution in [-0.4, -0.2) is 23.4 Å². The second-order valence-corrected chi connectivity index (χ2v) is 5.35. The van der Waals surface area contributed by atoms with Gasteiger partial charge in [-0.2, -0.15) is 0 Å². The number of pyridine rings is 1. The van der Waals surface area contributed by atoms with E-state index in [0.29, 0.717) is 11.4 Å². The summed E-state index contributed by atoms with van der Waals surface area (Å²) in [6, 6.07) is 13.1. The number of hydrogen-bond acceptors (Lipinski definition) is 5. The summed E-state index contributed by atoms with van der Waals surface area (Å²) >= 11 is 1.54. The van der Waals surface area contributed by atoms with E-state index < -0.39 is 0 Å². The molecule has 0 aliphatic heterocycles. The zero-order valence-corrected chi connectivity index (χ0v) is 12.1. The van der Waals surface area contributed by atoms with Crippen molar-refractivity contribution < 1.29 is 9.53 Å². The first-order valence-corrected chi connectivity index (χ1v) is 7.14. The summed E-state index contributed by atoms with van der Waals surface area (Å²) in [5.74, 6) is 0.823. The summed E-state index contributed by atoms with van der Waals surface area (Å²) in [7, 11) is 1.64. The number of carbonyl (C=O) groups is 1. The molecular weight excluding hydrogens is 284 g/mol. The third-order valence-corrected chi connectivity index (χ3v) is 4.06. The summed E-state index contributed by atoms with van der Waals surface area (Å²) in [6.07, 6.45) is 2.55. The molecule has 0 atom stereocenters. The topological polar surface area (TPSA) is 52.1 Å². The molecule has 0 spiro atoms. The van der Waals surface area contributed by atoms with Gasteiger partial charge in [0, 0.05) is 6.20 Å². The molecule has 0 unspecified atom stereocenters. The molecule has 1 aromatic carbocycles. The smallest absolute Gasteiger partial charge is 0.168 e. The van der Waals surface area contributed by atoms with Gasteiger partial charge in [-0.25, -0.2) is 9.97 Å². The molecule has 0 radical (unpaired) electrons. The van der Waals surface area contributed by atoms with Crippen molar-refractivity contribution in [1.29, 1.82) is 0 Å². The van der Waals surface area contributed by atoms with Gasteiger partial charge in [0.25, 0.3) is 0 Å².